The summed E-state index contributed by atoms with van der Waals surface area (Å²) in [5, 5.41) is 42.4. The molecule has 2 aliphatic heterocycles. The van der Waals surface area contributed by atoms with Gasteiger partial charge in [0.05, 0.1) is 18.3 Å². The Hall–Kier alpha value is -3.31. The number of aliphatic carboxylic acids is 1. The van der Waals surface area contributed by atoms with Crippen molar-refractivity contribution in [3.8, 4) is 0 Å². The number of epoxide rings is 1. The van der Waals surface area contributed by atoms with E-state index in [-0.39, 0.29) is 37.5 Å². The number of ether oxygens (including phenoxy) is 2. The highest BCUT2D eigenvalue weighted by molar-refractivity contribution is 5.82. The Bertz CT molecular complexity index is 1290. The first-order chi connectivity index (χ1) is 20.7. The lowest BCUT2D eigenvalue weighted by molar-refractivity contribution is -0.150. The lowest BCUT2D eigenvalue weighted by Crippen LogP contribution is -2.40. The first-order valence-corrected chi connectivity index (χ1v) is 15.1. The number of nitrogens with zero attached hydrogens (tertiary/aromatic N) is 1. The summed E-state index contributed by atoms with van der Waals surface area (Å²) in [6.07, 6.45) is 11.7. The fourth-order valence-electron chi connectivity index (χ4n) is 5.37. The number of carboxylic acid groups (broad SMARTS) is 1. The van der Waals surface area contributed by atoms with Crippen LogP contribution in [0.5, 0.6) is 0 Å². The van der Waals surface area contributed by atoms with Crippen LogP contribution in [0.1, 0.15) is 71.9 Å². The Morgan fingerprint density at radius 3 is 2.61 bits per heavy atom. The summed E-state index contributed by atoms with van der Waals surface area (Å²) >= 11 is 0. The molecular weight excluding hydrogens is 566 g/mol. The highest BCUT2D eigenvalue weighted by Crippen LogP contribution is 2.43. The van der Waals surface area contributed by atoms with Crippen LogP contribution in [0.2, 0.25) is 0 Å². The predicted molar refractivity (Wildman–Crippen MR) is 165 cm³/mol. The first-order valence-electron chi connectivity index (χ1n) is 15.1. The van der Waals surface area contributed by atoms with Crippen molar-refractivity contribution >= 4 is 18.0 Å². The van der Waals surface area contributed by atoms with Crippen LogP contribution in [0.4, 0.5) is 0 Å². The number of carbonyl (C=O) groups is 2. The average Bonchev–Trinajstić information content (AvgIpc) is 3.45. The van der Waals surface area contributed by atoms with Crippen LogP contribution in [-0.4, -0.2) is 73.5 Å². The van der Waals surface area contributed by atoms with Crippen molar-refractivity contribution in [3.05, 3.63) is 71.5 Å². The van der Waals surface area contributed by atoms with E-state index in [1.807, 2.05) is 38.2 Å². The molecule has 0 aliphatic carbocycles. The van der Waals surface area contributed by atoms with Gasteiger partial charge in [0.1, 0.15) is 29.8 Å². The second kappa shape index (κ2) is 15.6. The van der Waals surface area contributed by atoms with E-state index in [4.69, 9.17) is 13.9 Å². The quantitative estimate of drug-likeness (QED) is 0.140. The average molecular weight is 614 g/mol. The van der Waals surface area contributed by atoms with Crippen molar-refractivity contribution < 1.29 is 43.9 Å². The number of hydrogen-bond acceptors (Lipinski definition) is 9. The van der Waals surface area contributed by atoms with Crippen LogP contribution in [0.3, 0.4) is 0 Å². The molecule has 10 heteroatoms. The van der Waals surface area contributed by atoms with Crippen molar-refractivity contribution in [2.24, 2.45) is 17.8 Å². The number of aliphatic hydroxyl groups excluding tert-OH is 3. The van der Waals surface area contributed by atoms with Gasteiger partial charge in [0.15, 0.2) is 5.89 Å². The Morgan fingerprint density at radius 1 is 1.23 bits per heavy atom. The van der Waals surface area contributed by atoms with E-state index in [0.717, 1.165) is 5.57 Å². The molecule has 4 N–H and O–H groups in total. The van der Waals surface area contributed by atoms with Gasteiger partial charge in [-0.3, -0.25) is 4.79 Å². The van der Waals surface area contributed by atoms with Gasteiger partial charge in [-0.05, 0) is 56.8 Å². The molecule has 3 heterocycles. The van der Waals surface area contributed by atoms with Crippen LogP contribution in [0.15, 0.2) is 64.4 Å². The third-order valence-electron chi connectivity index (χ3n) is 8.51. The van der Waals surface area contributed by atoms with Gasteiger partial charge < -0.3 is 34.3 Å². The molecule has 1 aromatic rings. The number of aryl methyl sites for hydroxylation is 1. The van der Waals surface area contributed by atoms with E-state index in [9.17, 15) is 30.0 Å². The zero-order chi connectivity index (χ0) is 32.6. The molecule has 44 heavy (non-hydrogen) atoms. The number of allylic oxidation sites excluding steroid dienone is 5. The second-order valence-electron chi connectivity index (χ2n) is 12.4. The molecule has 0 saturated carbocycles. The minimum Gasteiger partial charge on any atom is -0.481 e. The van der Waals surface area contributed by atoms with Crippen molar-refractivity contribution in [3.63, 3.8) is 0 Å². The predicted octanol–water partition coefficient (Wildman–Crippen LogP) is 4.70. The number of aromatic nitrogens is 1. The van der Waals surface area contributed by atoms with Gasteiger partial charge >= 0.3 is 11.9 Å². The van der Waals surface area contributed by atoms with Gasteiger partial charge in [-0.2, -0.15) is 0 Å². The third-order valence-corrected chi connectivity index (χ3v) is 8.51. The number of cyclic esters (lactones) is 1. The van der Waals surface area contributed by atoms with E-state index in [1.165, 1.54) is 6.08 Å². The number of fused-ring (bicyclic) bond motifs is 1. The molecule has 3 rings (SSSR count). The zero-order valence-corrected chi connectivity index (χ0v) is 26.4. The Balaban J connectivity index is 1.78. The number of oxazole rings is 1. The number of carboxylic acids is 1. The van der Waals surface area contributed by atoms with E-state index in [0.29, 0.717) is 17.2 Å². The Kier molecular flexibility index (Phi) is 12.5. The van der Waals surface area contributed by atoms with Crippen molar-refractivity contribution in [2.75, 3.05) is 0 Å². The maximum Gasteiger partial charge on any atom is 0.330 e. The van der Waals surface area contributed by atoms with Crippen LogP contribution in [0.25, 0.3) is 6.08 Å². The lowest BCUT2D eigenvalue weighted by Gasteiger charge is -2.30. The summed E-state index contributed by atoms with van der Waals surface area (Å²) < 4.78 is 16.8. The summed E-state index contributed by atoms with van der Waals surface area (Å²) in [6, 6.07) is 0. The maximum absolute atomic E-state index is 12.9. The lowest BCUT2D eigenvalue weighted by atomic mass is 9.86. The molecule has 9 atom stereocenters. The minimum atomic E-state index is -1.00. The summed E-state index contributed by atoms with van der Waals surface area (Å²) in [5.74, 6) is -2.29. The summed E-state index contributed by atoms with van der Waals surface area (Å²) in [4.78, 5) is 28.5. The molecule has 0 amide bonds. The van der Waals surface area contributed by atoms with Crippen LogP contribution in [0, 0.1) is 24.7 Å². The fourth-order valence-corrected chi connectivity index (χ4v) is 5.37. The molecule has 2 aliphatic rings. The van der Waals surface area contributed by atoms with E-state index in [2.05, 4.69) is 4.98 Å². The highest BCUT2D eigenvalue weighted by Gasteiger charge is 2.56. The number of esters is 1. The van der Waals surface area contributed by atoms with Crippen molar-refractivity contribution in [2.45, 2.75) is 103 Å². The summed E-state index contributed by atoms with van der Waals surface area (Å²) in [7, 11) is 0. The van der Waals surface area contributed by atoms with Crippen LogP contribution < -0.4 is 0 Å². The van der Waals surface area contributed by atoms with Gasteiger partial charge in [-0.1, -0.05) is 50.3 Å². The standard InChI is InChI=1S/C34H47NO9/c1-20(15-26-19-42-24(5)35-26)9-7-10-22(3)33(41)23(4)28-18-29(37)34(6)30(44-34)14-13-21(2)27(36)16-25(17-31(38)39)11-8-12-32(40)43-28/h7-10,12-15,19,21,23,25,27-30,33,36-37,41H,11,16-18H2,1-6H3,(H,38,39)/b9-7+,12-8?,14-13?,20-15+,22-10+/t21-,23+,25-,27-,28+,29+,30-,33+,34-/m1/s1. The molecule has 0 spiro atoms. The topological polar surface area (TPSA) is 163 Å². The molecular formula is C34H47NO9. The molecule has 1 aromatic heterocycles. The van der Waals surface area contributed by atoms with E-state index < -0.39 is 54.0 Å². The van der Waals surface area contributed by atoms with Gasteiger partial charge in [-0.25, -0.2) is 9.78 Å². The Labute approximate surface area is 259 Å². The van der Waals surface area contributed by atoms with Crippen molar-refractivity contribution in [1.29, 1.82) is 0 Å². The number of rotatable bonds is 8. The monoisotopic (exact) mass is 613 g/mol. The minimum absolute atomic E-state index is 0.0283. The SMILES string of the molecule is CC(/C=C/C=C(\C)[C@H](O)[C@@H](C)[C@@H]1C[C@H](O)[C@@]2(C)O[C@@H]2C=C[C@@H](C)[C@H](O)C[C@H](CC(=O)O)CC=CC(=O)O1)=C\c1coc(C)n1. The Morgan fingerprint density at radius 2 is 1.95 bits per heavy atom. The van der Waals surface area contributed by atoms with E-state index >= 15 is 0 Å². The largest absolute Gasteiger partial charge is 0.481 e. The third kappa shape index (κ3) is 10.1. The molecule has 0 aromatic carbocycles. The molecule has 1 saturated heterocycles. The first kappa shape index (κ1) is 35.2. The molecule has 0 unspecified atom stereocenters. The summed E-state index contributed by atoms with van der Waals surface area (Å²) in [5.41, 5.74) is 1.37. The van der Waals surface area contributed by atoms with Gasteiger partial charge in [0.2, 0.25) is 0 Å². The zero-order valence-electron chi connectivity index (χ0n) is 26.4. The smallest absolute Gasteiger partial charge is 0.330 e. The van der Waals surface area contributed by atoms with Gasteiger partial charge in [0.25, 0.3) is 0 Å². The van der Waals surface area contributed by atoms with E-state index in [1.54, 1.807) is 52.2 Å². The molecule has 0 bridgehead atoms. The number of aliphatic hydroxyl groups is 3. The van der Waals surface area contributed by atoms with Crippen LogP contribution >= 0.6 is 0 Å². The van der Waals surface area contributed by atoms with Gasteiger partial charge in [-0.15, -0.1) is 0 Å². The number of hydrogen-bond donors (Lipinski definition) is 4. The van der Waals surface area contributed by atoms with Gasteiger partial charge in [0, 0.05) is 37.7 Å². The van der Waals surface area contributed by atoms with Crippen LogP contribution in [-0.2, 0) is 19.1 Å². The highest BCUT2D eigenvalue weighted by atomic mass is 16.6. The second-order valence-corrected chi connectivity index (χ2v) is 12.4. The van der Waals surface area contributed by atoms with Crippen molar-refractivity contribution in [1.82, 2.24) is 4.98 Å². The number of carbonyl (C=O) groups excluding carboxylic acids is 1. The summed E-state index contributed by atoms with van der Waals surface area (Å²) in [6.45, 7) is 10.8. The molecule has 10 nitrogen and oxygen atoms in total. The molecule has 0 radical (unpaired) electrons. The fraction of sp³-hybridized carbons (Fsp3) is 0.559. The molecule has 242 valence electrons. The molecule has 1 fully saturated rings. The maximum atomic E-state index is 12.9. The normalized spacial score (nSPS) is 32.2.